The van der Waals surface area contributed by atoms with E-state index in [1.54, 1.807) is 0 Å². The molecule has 1 saturated heterocycles. The van der Waals surface area contributed by atoms with E-state index in [0.29, 0.717) is 0 Å². The third-order valence-corrected chi connectivity index (χ3v) is 1.89. The van der Waals surface area contributed by atoms with Crippen LogP contribution in [0.5, 0.6) is 0 Å². The van der Waals surface area contributed by atoms with E-state index in [1.165, 1.54) is 0 Å². The van der Waals surface area contributed by atoms with Gasteiger partial charge in [0.1, 0.15) is 0 Å². The van der Waals surface area contributed by atoms with Crippen molar-refractivity contribution in [3.63, 3.8) is 0 Å². The van der Waals surface area contributed by atoms with E-state index in [2.05, 4.69) is 4.90 Å². The first kappa shape index (κ1) is 9.04. The summed E-state index contributed by atoms with van der Waals surface area (Å²) in [5, 5.41) is 0.872. The zero-order valence-electron chi connectivity index (χ0n) is 6.85. The highest BCUT2D eigenvalue weighted by atomic mass is 35.5. The Morgan fingerprint density at radius 3 is 2.73 bits per heavy atom. The molecule has 1 fully saturated rings. The third-order valence-electron chi connectivity index (χ3n) is 1.73. The summed E-state index contributed by atoms with van der Waals surface area (Å²) in [4.78, 5) is 2.33. The van der Waals surface area contributed by atoms with Gasteiger partial charge < -0.3 is 4.74 Å². The van der Waals surface area contributed by atoms with Crippen LogP contribution in [-0.2, 0) is 4.74 Å². The molecule has 64 valence electrons. The molecule has 11 heavy (non-hydrogen) atoms. The molecule has 0 spiro atoms. The van der Waals surface area contributed by atoms with Crippen LogP contribution in [0, 0.1) is 0 Å². The second-order valence-electron chi connectivity index (χ2n) is 2.70. The Bertz CT molecular complexity index is 137. The molecule has 0 N–H and O–H groups in total. The Morgan fingerprint density at radius 2 is 2.18 bits per heavy atom. The van der Waals surface area contributed by atoms with Crippen molar-refractivity contribution in [2.45, 2.75) is 6.92 Å². The van der Waals surface area contributed by atoms with E-state index in [9.17, 15) is 0 Å². The molecule has 0 saturated carbocycles. The first-order chi connectivity index (χ1) is 5.29. The largest absolute Gasteiger partial charge is 0.379 e. The molecular weight excluding hydrogens is 162 g/mol. The third kappa shape index (κ3) is 3.75. The van der Waals surface area contributed by atoms with Crippen LogP contribution in [0.25, 0.3) is 0 Å². The Labute approximate surface area is 72.8 Å². The maximum Gasteiger partial charge on any atom is 0.0594 e. The van der Waals surface area contributed by atoms with Gasteiger partial charge >= 0.3 is 0 Å². The van der Waals surface area contributed by atoms with Crippen LogP contribution >= 0.6 is 11.6 Å². The van der Waals surface area contributed by atoms with Crippen LogP contribution in [0.3, 0.4) is 0 Å². The van der Waals surface area contributed by atoms with Crippen LogP contribution in [0.2, 0.25) is 0 Å². The maximum absolute atomic E-state index is 5.70. The van der Waals surface area contributed by atoms with E-state index >= 15 is 0 Å². The van der Waals surface area contributed by atoms with E-state index in [1.807, 2.05) is 13.0 Å². The van der Waals surface area contributed by atoms with Gasteiger partial charge in [0.2, 0.25) is 0 Å². The quantitative estimate of drug-likeness (QED) is 0.630. The minimum atomic E-state index is 0.856. The van der Waals surface area contributed by atoms with Gasteiger partial charge in [-0.3, -0.25) is 4.90 Å². The minimum Gasteiger partial charge on any atom is -0.379 e. The summed E-state index contributed by atoms with van der Waals surface area (Å²) < 4.78 is 5.21. The van der Waals surface area contributed by atoms with Gasteiger partial charge in [0.15, 0.2) is 0 Å². The maximum atomic E-state index is 5.70. The number of ether oxygens (including phenoxy) is 1. The van der Waals surface area contributed by atoms with Gasteiger partial charge in [0.05, 0.1) is 13.2 Å². The normalized spacial score (nSPS) is 22.2. The summed E-state index contributed by atoms with van der Waals surface area (Å²) in [6.07, 6.45) is 2.03. The predicted molar refractivity (Wildman–Crippen MR) is 46.9 cm³/mol. The van der Waals surface area contributed by atoms with Gasteiger partial charge in [-0.15, -0.1) is 0 Å². The monoisotopic (exact) mass is 175 g/mol. The molecule has 3 heteroatoms. The second kappa shape index (κ2) is 4.75. The molecule has 0 aromatic heterocycles. The standard InChI is InChI=1S/C8H14ClNO/c1-8(9)2-3-10-4-6-11-7-5-10/h2H,3-7H2,1H3. The molecule has 0 bridgehead atoms. The van der Waals surface area contributed by atoms with Gasteiger partial charge in [0.25, 0.3) is 0 Å². The van der Waals surface area contributed by atoms with Crippen molar-refractivity contribution in [2.24, 2.45) is 0 Å². The fraction of sp³-hybridized carbons (Fsp3) is 0.750. The second-order valence-corrected chi connectivity index (χ2v) is 3.30. The van der Waals surface area contributed by atoms with Gasteiger partial charge in [0, 0.05) is 24.7 Å². The topological polar surface area (TPSA) is 12.5 Å². The van der Waals surface area contributed by atoms with Crippen molar-refractivity contribution in [3.8, 4) is 0 Å². The average molecular weight is 176 g/mol. The Hall–Kier alpha value is -0.0500. The number of halogens is 1. The van der Waals surface area contributed by atoms with E-state index in [4.69, 9.17) is 16.3 Å². The van der Waals surface area contributed by atoms with Crippen LogP contribution in [0.4, 0.5) is 0 Å². The Balaban J connectivity index is 2.19. The van der Waals surface area contributed by atoms with Gasteiger partial charge in [-0.1, -0.05) is 17.7 Å². The number of rotatable bonds is 2. The van der Waals surface area contributed by atoms with E-state index < -0.39 is 0 Å². The van der Waals surface area contributed by atoms with E-state index in [0.717, 1.165) is 37.9 Å². The summed E-state index contributed by atoms with van der Waals surface area (Å²) in [6, 6.07) is 0. The molecule has 0 unspecified atom stereocenters. The molecule has 1 aliphatic heterocycles. The first-order valence-corrected chi connectivity index (χ1v) is 4.29. The molecule has 1 rings (SSSR count). The van der Waals surface area contributed by atoms with Crippen molar-refractivity contribution in [1.82, 2.24) is 4.90 Å². The number of hydrogen-bond donors (Lipinski definition) is 0. The highest BCUT2D eigenvalue weighted by Gasteiger charge is 2.07. The average Bonchev–Trinajstić information content (AvgIpc) is 2.03. The molecule has 0 aromatic carbocycles. The predicted octanol–water partition coefficient (Wildman–Crippen LogP) is 1.46. The Morgan fingerprint density at radius 1 is 1.55 bits per heavy atom. The molecule has 0 aromatic rings. The number of nitrogens with zero attached hydrogens (tertiary/aromatic N) is 1. The fourth-order valence-electron chi connectivity index (χ4n) is 1.04. The molecule has 0 amide bonds. The van der Waals surface area contributed by atoms with Crippen LogP contribution in [0.1, 0.15) is 6.92 Å². The van der Waals surface area contributed by atoms with Crippen LogP contribution < -0.4 is 0 Å². The lowest BCUT2D eigenvalue weighted by Gasteiger charge is -2.25. The highest BCUT2D eigenvalue weighted by Crippen LogP contribution is 2.01. The van der Waals surface area contributed by atoms with E-state index in [-0.39, 0.29) is 0 Å². The van der Waals surface area contributed by atoms with Crippen LogP contribution in [0.15, 0.2) is 11.1 Å². The summed E-state index contributed by atoms with van der Waals surface area (Å²) in [7, 11) is 0. The fourth-order valence-corrected chi connectivity index (χ4v) is 1.11. The molecule has 0 atom stereocenters. The lowest BCUT2D eigenvalue weighted by molar-refractivity contribution is 0.0434. The smallest absolute Gasteiger partial charge is 0.0594 e. The first-order valence-electron chi connectivity index (χ1n) is 3.91. The molecule has 0 radical (unpaired) electrons. The summed E-state index contributed by atoms with van der Waals surface area (Å²) >= 11 is 5.70. The lowest BCUT2D eigenvalue weighted by Crippen LogP contribution is -2.36. The highest BCUT2D eigenvalue weighted by molar-refractivity contribution is 6.29. The molecular formula is C8H14ClNO. The molecule has 1 aliphatic rings. The Kier molecular flexibility index (Phi) is 3.91. The van der Waals surface area contributed by atoms with Gasteiger partial charge in [-0.25, -0.2) is 0 Å². The van der Waals surface area contributed by atoms with Crippen molar-refractivity contribution < 1.29 is 4.74 Å². The number of hydrogen-bond acceptors (Lipinski definition) is 2. The van der Waals surface area contributed by atoms with Crippen molar-refractivity contribution in [2.75, 3.05) is 32.8 Å². The van der Waals surface area contributed by atoms with Crippen molar-refractivity contribution in [1.29, 1.82) is 0 Å². The summed E-state index contributed by atoms with van der Waals surface area (Å²) in [5.41, 5.74) is 0. The molecule has 1 heterocycles. The summed E-state index contributed by atoms with van der Waals surface area (Å²) in [6.45, 7) is 6.63. The van der Waals surface area contributed by atoms with Crippen LogP contribution in [-0.4, -0.2) is 37.7 Å². The van der Waals surface area contributed by atoms with Crippen molar-refractivity contribution in [3.05, 3.63) is 11.1 Å². The summed E-state index contributed by atoms with van der Waals surface area (Å²) in [5.74, 6) is 0. The number of morpholine rings is 1. The number of allylic oxidation sites excluding steroid dienone is 1. The zero-order chi connectivity index (χ0) is 8.10. The van der Waals surface area contributed by atoms with Gasteiger partial charge in [-0.2, -0.15) is 0 Å². The SMILES string of the molecule is CC(Cl)=CCN1CCOCC1. The van der Waals surface area contributed by atoms with Crippen molar-refractivity contribution >= 4 is 11.6 Å². The lowest BCUT2D eigenvalue weighted by atomic mass is 10.4. The molecule has 0 aliphatic carbocycles. The molecule has 2 nitrogen and oxygen atoms in total. The minimum absolute atomic E-state index is 0.856. The zero-order valence-corrected chi connectivity index (χ0v) is 7.60. The van der Waals surface area contributed by atoms with Gasteiger partial charge in [-0.05, 0) is 6.92 Å².